The average Bonchev–Trinajstić information content (AvgIpc) is 3.42. The molecule has 2 aromatic carbocycles. The van der Waals surface area contributed by atoms with Gasteiger partial charge in [0.05, 0.1) is 24.7 Å². The van der Waals surface area contributed by atoms with Crippen LogP contribution < -0.4 is 5.32 Å². The highest BCUT2D eigenvalue weighted by molar-refractivity contribution is 6.03. The predicted molar refractivity (Wildman–Crippen MR) is 112 cm³/mol. The van der Waals surface area contributed by atoms with Gasteiger partial charge in [-0.15, -0.1) is 0 Å². The van der Waals surface area contributed by atoms with Crippen molar-refractivity contribution in [2.75, 3.05) is 18.4 Å². The van der Waals surface area contributed by atoms with Crippen molar-refractivity contribution in [3.05, 3.63) is 83.7 Å². The maximum Gasteiger partial charge on any atom is 0.258 e. The molecule has 6 heteroatoms. The Morgan fingerprint density at radius 2 is 1.66 bits per heavy atom. The Hall–Kier alpha value is -3.41. The number of aromatic nitrogens is 2. The van der Waals surface area contributed by atoms with Crippen molar-refractivity contribution in [2.45, 2.75) is 25.8 Å². The molecule has 0 spiro atoms. The van der Waals surface area contributed by atoms with E-state index in [1.54, 1.807) is 17.1 Å². The highest BCUT2D eigenvalue weighted by Crippen LogP contribution is 2.15. The van der Waals surface area contributed by atoms with Crippen LogP contribution in [-0.4, -0.2) is 39.6 Å². The average molecular weight is 388 g/mol. The molecule has 6 nitrogen and oxygen atoms in total. The molecule has 0 unspecified atom stereocenters. The first-order valence-corrected chi connectivity index (χ1v) is 9.92. The van der Waals surface area contributed by atoms with Crippen LogP contribution in [0.3, 0.4) is 0 Å². The quantitative estimate of drug-likeness (QED) is 0.704. The molecule has 0 aliphatic carbocycles. The summed E-state index contributed by atoms with van der Waals surface area (Å²) in [6.45, 7) is 2.35. The first kappa shape index (κ1) is 18.9. The molecule has 3 aromatic rings. The lowest BCUT2D eigenvalue weighted by Gasteiger charge is -2.15. The number of likely N-dealkylation sites (tertiary alicyclic amines) is 1. The molecule has 29 heavy (non-hydrogen) atoms. The smallest absolute Gasteiger partial charge is 0.258 e. The topological polar surface area (TPSA) is 67.2 Å². The van der Waals surface area contributed by atoms with Gasteiger partial charge in [0, 0.05) is 25.0 Å². The molecular weight excluding hydrogens is 364 g/mol. The first-order valence-electron chi connectivity index (χ1n) is 9.92. The van der Waals surface area contributed by atoms with E-state index in [4.69, 9.17) is 0 Å². The van der Waals surface area contributed by atoms with E-state index in [0.717, 1.165) is 37.1 Å². The van der Waals surface area contributed by atoms with Gasteiger partial charge < -0.3 is 10.2 Å². The molecule has 0 radical (unpaired) electrons. The number of carbonyl (C=O) groups excluding carboxylic acids is 2. The van der Waals surface area contributed by atoms with Gasteiger partial charge in [-0.2, -0.15) is 5.10 Å². The van der Waals surface area contributed by atoms with Gasteiger partial charge in [-0.3, -0.25) is 14.3 Å². The van der Waals surface area contributed by atoms with Gasteiger partial charge in [0.2, 0.25) is 5.91 Å². The zero-order valence-corrected chi connectivity index (χ0v) is 16.3. The Labute approximate surface area is 170 Å². The second-order valence-corrected chi connectivity index (χ2v) is 7.33. The summed E-state index contributed by atoms with van der Waals surface area (Å²) in [6.07, 6.45) is 5.91. The molecule has 1 N–H and O–H groups in total. The van der Waals surface area contributed by atoms with Crippen LogP contribution in [-0.2, 0) is 17.8 Å². The van der Waals surface area contributed by atoms with Crippen molar-refractivity contribution in [1.29, 1.82) is 0 Å². The van der Waals surface area contributed by atoms with E-state index in [2.05, 4.69) is 10.4 Å². The van der Waals surface area contributed by atoms with Crippen molar-refractivity contribution in [1.82, 2.24) is 14.7 Å². The Balaban J connectivity index is 1.33. The van der Waals surface area contributed by atoms with Crippen molar-refractivity contribution in [3.63, 3.8) is 0 Å². The molecule has 1 fully saturated rings. The molecule has 1 saturated heterocycles. The van der Waals surface area contributed by atoms with Crippen molar-refractivity contribution in [3.8, 4) is 0 Å². The van der Waals surface area contributed by atoms with Gasteiger partial charge in [0.25, 0.3) is 5.91 Å². The number of anilines is 1. The molecule has 1 aromatic heterocycles. The van der Waals surface area contributed by atoms with Crippen molar-refractivity contribution in [2.24, 2.45) is 0 Å². The van der Waals surface area contributed by atoms with Crippen molar-refractivity contribution >= 4 is 17.5 Å². The number of hydrogen-bond donors (Lipinski definition) is 1. The molecule has 2 heterocycles. The monoisotopic (exact) mass is 388 g/mol. The molecule has 1 aliphatic rings. The molecule has 148 valence electrons. The van der Waals surface area contributed by atoms with E-state index in [-0.39, 0.29) is 11.8 Å². The van der Waals surface area contributed by atoms with Crippen LogP contribution in [0.5, 0.6) is 0 Å². The summed E-state index contributed by atoms with van der Waals surface area (Å²) in [5, 5.41) is 7.16. The highest BCUT2D eigenvalue weighted by Gasteiger charge is 2.18. The molecule has 2 amide bonds. The largest absolute Gasteiger partial charge is 0.342 e. The molecule has 0 atom stereocenters. The molecule has 4 rings (SSSR count). The maximum atomic E-state index is 12.5. The number of amides is 2. The van der Waals surface area contributed by atoms with Crippen molar-refractivity contribution < 1.29 is 9.59 Å². The van der Waals surface area contributed by atoms with Crippen LogP contribution in [0.4, 0.5) is 5.69 Å². The number of rotatable bonds is 6. The molecular formula is C23H24N4O2. The number of carbonyl (C=O) groups is 2. The minimum absolute atomic E-state index is 0.171. The second-order valence-electron chi connectivity index (χ2n) is 7.33. The Morgan fingerprint density at radius 3 is 2.38 bits per heavy atom. The molecule has 0 saturated carbocycles. The van der Waals surface area contributed by atoms with E-state index >= 15 is 0 Å². The minimum Gasteiger partial charge on any atom is -0.342 e. The second kappa shape index (κ2) is 8.73. The Kier molecular flexibility index (Phi) is 5.70. The van der Waals surface area contributed by atoms with Gasteiger partial charge in [-0.25, -0.2) is 0 Å². The summed E-state index contributed by atoms with van der Waals surface area (Å²) in [4.78, 5) is 26.7. The number of nitrogens with one attached hydrogen (secondary N) is 1. The summed E-state index contributed by atoms with van der Waals surface area (Å²) in [5.41, 5.74) is 3.29. The van der Waals surface area contributed by atoms with Crippen LogP contribution in [0.2, 0.25) is 0 Å². The van der Waals surface area contributed by atoms with Gasteiger partial charge in [0.15, 0.2) is 0 Å². The van der Waals surface area contributed by atoms with Gasteiger partial charge in [-0.05, 0) is 36.1 Å². The van der Waals surface area contributed by atoms with E-state index < -0.39 is 0 Å². The number of nitrogens with zero attached hydrogens (tertiary/aromatic N) is 3. The third kappa shape index (κ3) is 4.90. The summed E-state index contributed by atoms with van der Waals surface area (Å²) in [5.74, 6) is -0.0321. The summed E-state index contributed by atoms with van der Waals surface area (Å²) < 4.78 is 1.75. The molecule has 1 aliphatic heterocycles. The normalized spacial score (nSPS) is 13.4. The van der Waals surface area contributed by atoms with Crippen LogP contribution in [0.1, 0.15) is 34.3 Å². The first-order chi connectivity index (χ1) is 14.2. The summed E-state index contributed by atoms with van der Waals surface area (Å²) in [7, 11) is 0. The van der Waals surface area contributed by atoms with E-state index in [1.165, 1.54) is 0 Å². The van der Waals surface area contributed by atoms with Crippen LogP contribution in [0, 0.1) is 0 Å². The van der Waals surface area contributed by atoms with E-state index in [0.29, 0.717) is 24.2 Å². The van der Waals surface area contributed by atoms with Crippen LogP contribution >= 0.6 is 0 Å². The van der Waals surface area contributed by atoms with Gasteiger partial charge >= 0.3 is 0 Å². The van der Waals surface area contributed by atoms with Gasteiger partial charge in [-0.1, -0.05) is 42.5 Å². The third-order valence-electron chi connectivity index (χ3n) is 5.11. The lowest BCUT2D eigenvalue weighted by Crippen LogP contribution is -2.29. The van der Waals surface area contributed by atoms with E-state index in [1.807, 2.05) is 59.5 Å². The summed E-state index contributed by atoms with van der Waals surface area (Å²) >= 11 is 0. The predicted octanol–water partition coefficient (Wildman–Crippen LogP) is 3.35. The fourth-order valence-corrected chi connectivity index (χ4v) is 3.50. The fraction of sp³-hybridized carbons (Fsp3) is 0.261. The highest BCUT2D eigenvalue weighted by atomic mass is 16.2. The minimum atomic E-state index is -0.204. The number of benzene rings is 2. The van der Waals surface area contributed by atoms with E-state index in [9.17, 15) is 9.59 Å². The number of hydrogen-bond acceptors (Lipinski definition) is 3. The zero-order valence-electron chi connectivity index (χ0n) is 16.3. The van der Waals surface area contributed by atoms with Gasteiger partial charge in [0.1, 0.15) is 0 Å². The third-order valence-corrected chi connectivity index (χ3v) is 5.11. The van der Waals surface area contributed by atoms with Crippen LogP contribution in [0.25, 0.3) is 0 Å². The fourth-order valence-electron chi connectivity index (χ4n) is 3.50. The Bertz CT molecular complexity index is 974. The summed E-state index contributed by atoms with van der Waals surface area (Å²) in [6, 6.07) is 17.4. The zero-order chi connectivity index (χ0) is 20.1. The Morgan fingerprint density at radius 1 is 0.931 bits per heavy atom. The lowest BCUT2D eigenvalue weighted by atomic mass is 10.1. The standard InChI is InChI=1S/C23H24N4O2/c28-22(26-12-4-5-13-26)14-18-8-10-21(11-9-18)25-23(29)20-15-24-27(17-20)16-19-6-2-1-3-7-19/h1-3,6-11,15,17H,4-5,12-14,16H2,(H,25,29). The lowest BCUT2D eigenvalue weighted by molar-refractivity contribution is -0.129. The molecule has 0 bridgehead atoms. The maximum absolute atomic E-state index is 12.5. The van der Waals surface area contributed by atoms with Crippen LogP contribution in [0.15, 0.2) is 67.0 Å². The SMILES string of the molecule is O=C(Nc1ccc(CC(=O)N2CCCC2)cc1)c1cnn(Cc2ccccc2)c1.